The zero-order valence-corrected chi connectivity index (χ0v) is 18.8. The Kier molecular flexibility index (Phi) is 6.55. The van der Waals surface area contributed by atoms with E-state index in [9.17, 15) is 0 Å². The maximum absolute atomic E-state index is 7.09. The van der Waals surface area contributed by atoms with Crippen LogP contribution in [-0.2, 0) is 9.49 Å². The fourth-order valence-corrected chi connectivity index (χ4v) is 6.07. The molecule has 0 spiro atoms. The van der Waals surface area contributed by atoms with Gasteiger partial charge in [0.15, 0.2) is 13.4 Å². The Balaban J connectivity index is 3.37. The zero-order chi connectivity index (χ0) is 17.2. The first-order valence-electron chi connectivity index (χ1n) is 7.74. The zero-order valence-electron chi connectivity index (χ0n) is 15.1. The second kappa shape index (κ2) is 7.22. The van der Waals surface area contributed by atoms with Crippen LogP contribution in [0.15, 0.2) is 24.3 Å². The topological polar surface area (TPSA) is 18.5 Å². The van der Waals surface area contributed by atoms with Crippen molar-refractivity contribution in [1.29, 1.82) is 0 Å². The fraction of sp³-hybridized carbons (Fsp3) is 0.625. The van der Waals surface area contributed by atoms with E-state index in [1.807, 2.05) is 18.2 Å². The van der Waals surface area contributed by atoms with Crippen molar-refractivity contribution in [3.05, 3.63) is 29.8 Å². The van der Waals surface area contributed by atoms with Gasteiger partial charge in [-0.15, -0.1) is 0 Å². The van der Waals surface area contributed by atoms with Crippen LogP contribution in [0.2, 0.25) is 51.4 Å². The van der Waals surface area contributed by atoms with Gasteiger partial charge in [0.05, 0.1) is 0 Å². The molecule has 1 aromatic rings. The summed E-state index contributed by atoms with van der Waals surface area (Å²) in [6, 6.07) is 8.09. The third kappa shape index (κ3) is 5.53. The lowest BCUT2D eigenvalue weighted by molar-refractivity contribution is 0.142. The van der Waals surface area contributed by atoms with Gasteiger partial charge in [0.2, 0.25) is 8.32 Å². The Morgan fingerprint density at radius 2 is 1.59 bits per heavy atom. The van der Waals surface area contributed by atoms with Crippen LogP contribution in [0.5, 0.6) is 5.75 Å². The molecule has 2 radical (unpaired) electrons. The highest BCUT2D eigenvalue weighted by atomic mass is 35.5. The van der Waals surface area contributed by atoms with E-state index in [1.54, 1.807) is 0 Å². The summed E-state index contributed by atoms with van der Waals surface area (Å²) >= 11 is 7.09. The van der Waals surface area contributed by atoms with Crippen molar-refractivity contribution in [2.75, 3.05) is 0 Å². The number of halogens is 1. The predicted molar refractivity (Wildman–Crippen MR) is 103 cm³/mol. The number of rotatable bonds is 7. The second-order valence-corrected chi connectivity index (χ2v) is 18.4. The number of benzene rings is 1. The van der Waals surface area contributed by atoms with Crippen LogP contribution in [0.1, 0.15) is 12.5 Å². The summed E-state index contributed by atoms with van der Waals surface area (Å²) in [6.07, 6.45) is 0. The second-order valence-electron chi connectivity index (χ2n) is 7.58. The molecule has 0 N–H and O–H groups in total. The molecule has 1 aromatic carbocycles. The SMILES string of the molecule is C[Si]C(C)C(Cl)(O[Si](C)(C)C)c1ccccc1O[Si](C)(C)C. The van der Waals surface area contributed by atoms with E-state index in [-0.39, 0.29) is 5.54 Å². The average Bonchev–Trinajstić information content (AvgIpc) is 2.34. The summed E-state index contributed by atoms with van der Waals surface area (Å²) < 4.78 is 12.7. The summed E-state index contributed by atoms with van der Waals surface area (Å²) in [6.45, 7) is 17.4. The van der Waals surface area contributed by atoms with Crippen LogP contribution in [-0.4, -0.2) is 26.2 Å². The minimum Gasteiger partial charge on any atom is -0.544 e. The third-order valence-electron chi connectivity index (χ3n) is 3.12. The van der Waals surface area contributed by atoms with E-state index < -0.39 is 21.7 Å². The lowest BCUT2D eigenvalue weighted by Gasteiger charge is -2.40. The molecule has 0 aliphatic heterocycles. The van der Waals surface area contributed by atoms with Gasteiger partial charge in [-0.1, -0.05) is 43.3 Å². The Morgan fingerprint density at radius 1 is 1.05 bits per heavy atom. The summed E-state index contributed by atoms with van der Waals surface area (Å²) in [5.74, 6) is 0.875. The normalized spacial score (nSPS) is 17.0. The van der Waals surface area contributed by atoms with Crippen LogP contribution in [0, 0.1) is 0 Å². The molecular weight excluding hydrogens is 344 g/mol. The lowest BCUT2D eigenvalue weighted by Crippen LogP contribution is -2.41. The standard InChI is InChI=1S/C16H29ClO2Si3/c1-13(20-2)16(17,19-22(6,7)8)14-11-9-10-12-15(14)18-21(3,4)5/h9-13H,1-8H3. The molecule has 0 heterocycles. The molecule has 6 heteroatoms. The van der Waals surface area contributed by atoms with Gasteiger partial charge in [-0.25, -0.2) is 0 Å². The molecule has 2 nitrogen and oxygen atoms in total. The smallest absolute Gasteiger partial charge is 0.242 e. The molecule has 22 heavy (non-hydrogen) atoms. The van der Waals surface area contributed by atoms with E-state index in [0.29, 0.717) is 9.52 Å². The van der Waals surface area contributed by atoms with Crippen molar-refractivity contribution < 1.29 is 8.85 Å². The number of para-hydroxylation sites is 1. The van der Waals surface area contributed by atoms with Crippen molar-refractivity contribution in [3.63, 3.8) is 0 Å². The monoisotopic (exact) mass is 372 g/mol. The highest BCUT2D eigenvalue weighted by Crippen LogP contribution is 2.47. The van der Waals surface area contributed by atoms with Crippen LogP contribution in [0.4, 0.5) is 0 Å². The molecule has 0 amide bonds. The Bertz CT molecular complexity index is 497. The Morgan fingerprint density at radius 3 is 2.05 bits per heavy atom. The first-order chi connectivity index (χ1) is 9.89. The van der Waals surface area contributed by atoms with Gasteiger partial charge in [0, 0.05) is 15.1 Å². The van der Waals surface area contributed by atoms with Crippen LogP contribution in [0.3, 0.4) is 0 Å². The molecule has 0 bridgehead atoms. The highest BCUT2D eigenvalue weighted by molar-refractivity contribution is 6.71. The molecule has 1 rings (SSSR count). The summed E-state index contributed by atoms with van der Waals surface area (Å²) in [5, 5.41) is -0.812. The van der Waals surface area contributed by atoms with Crippen LogP contribution in [0.25, 0.3) is 0 Å². The van der Waals surface area contributed by atoms with E-state index in [2.05, 4.69) is 58.8 Å². The van der Waals surface area contributed by atoms with Crippen molar-refractivity contribution in [3.8, 4) is 5.75 Å². The summed E-state index contributed by atoms with van der Waals surface area (Å²) in [4.78, 5) is 0. The first kappa shape index (κ1) is 20.0. The fourth-order valence-electron chi connectivity index (χ4n) is 2.18. The molecular formula is C16H29ClO2Si3. The van der Waals surface area contributed by atoms with Gasteiger partial charge < -0.3 is 8.85 Å². The quantitative estimate of drug-likeness (QED) is 0.451. The summed E-state index contributed by atoms with van der Waals surface area (Å²) in [7, 11) is -2.82. The molecule has 0 aliphatic rings. The predicted octanol–water partition coefficient (Wildman–Crippen LogP) is 5.70. The van der Waals surface area contributed by atoms with Crippen molar-refractivity contribution >= 4 is 37.8 Å². The molecule has 0 fully saturated rings. The van der Waals surface area contributed by atoms with Gasteiger partial charge in [-0.05, 0) is 50.9 Å². The molecule has 2 atom stereocenters. The van der Waals surface area contributed by atoms with Gasteiger partial charge in [0.25, 0.3) is 0 Å². The van der Waals surface area contributed by atoms with Crippen molar-refractivity contribution in [2.24, 2.45) is 0 Å². The number of alkyl halides is 1. The number of hydrogen-bond donors (Lipinski definition) is 0. The molecule has 124 valence electrons. The molecule has 0 aromatic heterocycles. The van der Waals surface area contributed by atoms with Gasteiger partial charge in [0.1, 0.15) is 5.75 Å². The lowest BCUT2D eigenvalue weighted by atomic mass is 10.1. The molecule has 0 aliphatic carbocycles. The average molecular weight is 373 g/mol. The van der Waals surface area contributed by atoms with E-state index in [1.165, 1.54) is 0 Å². The summed E-state index contributed by atoms with van der Waals surface area (Å²) in [5.41, 5.74) is 1.20. The van der Waals surface area contributed by atoms with Crippen LogP contribution < -0.4 is 4.43 Å². The Hall–Kier alpha value is -0.0794. The minimum absolute atomic E-state index is 0.229. The van der Waals surface area contributed by atoms with Crippen LogP contribution >= 0.6 is 11.6 Å². The number of hydrogen-bond acceptors (Lipinski definition) is 2. The minimum atomic E-state index is -1.81. The van der Waals surface area contributed by atoms with E-state index >= 15 is 0 Å². The maximum atomic E-state index is 7.09. The van der Waals surface area contributed by atoms with Gasteiger partial charge in [-0.2, -0.15) is 0 Å². The molecule has 0 saturated carbocycles. The van der Waals surface area contributed by atoms with Gasteiger partial charge >= 0.3 is 0 Å². The van der Waals surface area contributed by atoms with Gasteiger partial charge in [-0.3, -0.25) is 0 Å². The molecule has 2 unspecified atom stereocenters. The van der Waals surface area contributed by atoms with E-state index in [0.717, 1.165) is 11.3 Å². The van der Waals surface area contributed by atoms with E-state index in [4.69, 9.17) is 20.5 Å². The maximum Gasteiger partial charge on any atom is 0.242 e. The third-order valence-corrected chi connectivity index (χ3v) is 7.07. The first-order valence-corrected chi connectivity index (χ1v) is 16.5. The molecule has 0 saturated heterocycles. The van der Waals surface area contributed by atoms with Crippen molar-refractivity contribution in [1.82, 2.24) is 0 Å². The van der Waals surface area contributed by atoms with Crippen molar-refractivity contribution in [2.45, 2.75) is 63.4 Å². The largest absolute Gasteiger partial charge is 0.544 e. The Labute approximate surface area is 145 Å². The highest BCUT2D eigenvalue weighted by Gasteiger charge is 2.42.